The second-order valence-corrected chi connectivity index (χ2v) is 6.75. The van der Waals surface area contributed by atoms with Crippen LogP contribution >= 0.6 is 27.5 Å². The molecule has 1 aromatic carbocycles. The van der Waals surface area contributed by atoms with E-state index in [-0.39, 0.29) is 6.04 Å². The molecule has 106 valence electrons. The van der Waals surface area contributed by atoms with Crippen LogP contribution in [0.3, 0.4) is 0 Å². The van der Waals surface area contributed by atoms with Gasteiger partial charge in [0.1, 0.15) is 0 Å². The zero-order chi connectivity index (χ0) is 13.8. The Labute approximate surface area is 129 Å². The third-order valence-electron chi connectivity index (χ3n) is 4.40. The second kappa shape index (κ2) is 7.07. The van der Waals surface area contributed by atoms with Crippen LogP contribution in [-0.2, 0) is 0 Å². The van der Waals surface area contributed by atoms with E-state index < -0.39 is 0 Å². The number of nitrogens with two attached hydrogens (primary N) is 1. The highest BCUT2D eigenvalue weighted by atomic mass is 79.9. The average molecular weight is 346 g/mol. The first-order valence-electron chi connectivity index (χ1n) is 7.08. The van der Waals surface area contributed by atoms with Gasteiger partial charge in [-0.25, -0.2) is 0 Å². The zero-order valence-corrected chi connectivity index (χ0v) is 13.7. The van der Waals surface area contributed by atoms with E-state index in [1.54, 1.807) is 0 Å². The standard InChI is InChI=1S/C15H22BrClN2/c1-2-10-5-3-4-6-12(10)15(19-18)13-8-7-11(16)9-14(13)17/h7-10,12,15,19H,2-6,18H2,1H3. The minimum absolute atomic E-state index is 0.158. The molecule has 2 nitrogen and oxygen atoms in total. The van der Waals surface area contributed by atoms with Crippen molar-refractivity contribution in [3.63, 3.8) is 0 Å². The molecule has 0 amide bonds. The van der Waals surface area contributed by atoms with Gasteiger partial charge in [0.2, 0.25) is 0 Å². The molecule has 19 heavy (non-hydrogen) atoms. The fourth-order valence-corrected chi connectivity index (χ4v) is 4.17. The molecule has 1 aliphatic rings. The predicted octanol–water partition coefficient (Wildman–Crippen LogP) is 4.82. The van der Waals surface area contributed by atoms with Gasteiger partial charge < -0.3 is 0 Å². The Kier molecular flexibility index (Phi) is 5.70. The van der Waals surface area contributed by atoms with Gasteiger partial charge in [0.25, 0.3) is 0 Å². The monoisotopic (exact) mass is 344 g/mol. The summed E-state index contributed by atoms with van der Waals surface area (Å²) < 4.78 is 1.01. The molecule has 1 saturated carbocycles. The van der Waals surface area contributed by atoms with Crippen molar-refractivity contribution in [1.82, 2.24) is 5.43 Å². The van der Waals surface area contributed by atoms with Crippen LogP contribution in [0.2, 0.25) is 5.02 Å². The first-order valence-corrected chi connectivity index (χ1v) is 8.25. The molecule has 4 heteroatoms. The Morgan fingerprint density at radius 1 is 1.42 bits per heavy atom. The van der Waals surface area contributed by atoms with Crippen molar-refractivity contribution in [1.29, 1.82) is 0 Å². The quantitative estimate of drug-likeness (QED) is 0.606. The summed E-state index contributed by atoms with van der Waals surface area (Å²) >= 11 is 9.84. The van der Waals surface area contributed by atoms with Gasteiger partial charge in [0.15, 0.2) is 0 Å². The molecule has 0 aromatic heterocycles. The van der Waals surface area contributed by atoms with E-state index in [2.05, 4.69) is 34.3 Å². The van der Waals surface area contributed by atoms with Gasteiger partial charge in [0, 0.05) is 9.50 Å². The fraction of sp³-hybridized carbons (Fsp3) is 0.600. The summed E-state index contributed by atoms with van der Waals surface area (Å²) in [4.78, 5) is 0. The second-order valence-electron chi connectivity index (χ2n) is 5.43. The van der Waals surface area contributed by atoms with Crippen molar-refractivity contribution in [2.24, 2.45) is 17.7 Å². The molecule has 0 spiro atoms. The highest BCUT2D eigenvalue weighted by Gasteiger charge is 2.32. The maximum absolute atomic E-state index is 6.39. The van der Waals surface area contributed by atoms with E-state index in [0.29, 0.717) is 5.92 Å². The highest BCUT2D eigenvalue weighted by Crippen LogP contribution is 2.41. The Hall–Kier alpha value is -0.0900. The lowest BCUT2D eigenvalue weighted by atomic mass is 9.72. The van der Waals surface area contributed by atoms with Crippen molar-refractivity contribution in [3.8, 4) is 0 Å². The van der Waals surface area contributed by atoms with E-state index >= 15 is 0 Å². The smallest absolute Gasteiger partial charge is 0.0505 e. The molecule has 0 bridgehead atoms. The molecule has 1 fully saturated rings. The molecule has 3 atom stereocenters. The fourth-order valence-electron chi connectivity index (χ4n) is 3.38. The molecule has 0 aliphatic heterocycles. The molecule has 3 N–H and O–H groups in total. The topological polar surface area (TPSA) is 38.0 Å². The maximum atomic E-state index is 6.39. The van der Waals surface area contributed by atoms with Crippen molar-refractivity contribution in [3.05, 3.63) is 33.3 Å². The van der Waals surface area contributed by atoms with Crippen molar-refractivity contribution in [2.75, 3.05) is 0 Å². The number of nitrogens with one attached hydrogen (secondary N) is 1. The summed E-state index contributed by atoms with van der Waals surface area (Å²) in [6.45, 7) is 2.28. The van der Waals surface area contributed by atoms with Gasteiger partial charge in [-0.2, -0.15) is 0 Å². The predicted molar refractivity (Wildman–Crippen MR) is 85.0 cm³/mol. The molecule has 0 radical (unpaired) electrons. The molecule has 2 rings (SSSR count). The van der Waals surface area contributed by atoms with Crippen LogP contribution in [-0.4, -0.2) is 0 Å². The molecular formula is C15H22BrClN2. The highest BCUT2D eigenvalue weighted by molar-refractivity contribution is 9.10. The van der Waals surface area contributed by atoms with E-state index in [0.717, 1.165) is 21.0 Å². The summed E-state index contributed by atoms with van der Waals surface area (Å²) in [6, 6.07) is 6.23. The normalized spacial score (nSPS) is 25.3. The number of benzene rings is 1. The summed E-state index contributed by atoms with van der Waals surface area (Å²) in [5, 5.41) is 0.790. The number of hydrazine groups is 1. The van der Waals surface area contributed by atoms with Crippen LogP contribution in [0.15, 0.2) is 22.7 Å². The van der Waals surface area contributed by atoms with E-state index in [4.69, 9.17) is 17.4 Å². The number of rotatable bonds is 4. The zero-order valence-electron chi connectivity index (χ0n) is 11.3. The summed E-state index contributed by atoms with van der Waals surface area (Å²) in [6.07, 6.45) is 6.41. The maximum Gasteiger partial charge on any atom is 0.0505 e. The van der Waals surface area contributed by atoms with Crippen LogP contribution in [0.25, 0.3) is 0 Å². The first-order chi connectivity index (χ1) is 9.17. The van der Waals surface area contributed by atoms with Crippen LogP contribution < -0.4 is 11.3 Å². The Balaban J connectivity index is 2.27. The average Bonchev–Trinajstić information content (AvgIpc) is 2.42. The lowest BCUT2D eigenvalue weighted by Gasteiger charge is -2.37. The Morgan fingerprint density at radius 2 is 2.16 bits per heavy atom. The first kappa shape index (κ1) is 15.3. The van der Waals surface area contributed by atoms with Crippen molar-refractivity contribution < 1.29 is 0 Å². The van der Waals surface area contributed by atoms with Gasteiger partial charge in [-0.05, 0) is 36.0 Å². The van der Waals surface area contributed by atoms with Gasteiger partial charge >= 0.3 is 0 Å². The molecule has 0 saturated heterocycles. The van der Waals surface area contributed by atoms with Crippen LogP contribution in [0, 0.1) is 11.8 Å². The van der Waals surface area contributed by atoms with Crippen molar-refractivity contribution >= 4 is 27.5 Å². The van der Waals surface area contributed by atoms with Gasteiger partial charge in [0.05, 0.1) is 6.04 Å². The SMILES string of the molecule is CCC1CCCCC1C(NN)c1ccc(Br)cc1Cl. The Bertz CT molecular complexity index is 425. The third kappa shape index (κ3) is 3.52. The molecular weight excluding hydrogens is 324 g/mol. The molecule has 1 aromatic rings. The van der Waals surface area contributed by atoms with Gasteiger partial charge in [-0.1, -0.05) is 66.2 Å². The number of halogens is 2. The summed E-state index contributed by atoms with van der Waals surface area (Å²) in [7, 11) is 0. The van der Waals surface area contributed by atoms with Crippen molar-refractivity contribution in [2.45, 2.75) is 45.1 Å². The minimum Gasteiger partial charge on any atom is -0.271 e. The molecule has 1 aliphatic carbocycles. The van der Waals surface area contributed by atoms with Gasteiger partial charge in [-0.3, -0.25) is 11.3 Å². The third-order valence-corrected chi connectivity index (χ3v) is 5.22. The lowest BCUT2D eigenvalue weighted by molar-refractivity contribution is 0.176. The minimum atomic E-state index is 0.158. The van der Waals surface area contributed by atoms with Crippen LogP contribution in [0.4, 0.5) is 0 Å². The Morgan fingerprint density at radius 3 is 2.79 bits per heavy atom. The van der Waals surface area contributed by atoms with E-state index in [9.17, 15) is 0 Å². The van der Waals surface area contributed by atoms with Crippen LogP contribution in [0.5, 0.6) is 0 Å². The summed E-state index contributed by atoms with van der Waals surface area (Å²) in [5.74, 6) is 7.17. The largest absolute Gasteiger partial charge is 0.271 e. The van der Waals surface area contributed by atoms with Gasteiger partial charge in [-0.15, -0.1) is 0 Å². The molecule has 3 unspecified atom stereocenters. The lowest BCUT2D eigenvalue weighted by Crippen LogP contribution is -2.38. The van der Waals surface area contributed by atoms with E-state index in [1.807, 2.05) is 12.1 Å². The van der Waals surface area contributed by atoms with E-state index in [1.165, 1.54) is 32.1 Å². The number of hydrogen-bond donors (Lipinski definition) is 2. The summed E-state index contributed by atoms with van der Waals surface area (Å²) in [5.41, 5.74) is 4.14. The number of hydrogen-bond acceptors (Lipinski definition) is 2. The van der Waals surface area contributed by atoms with Crippen LogP contribution in [0.1, 0.15) is 50.6 Å². The molecule has 0 heterocycles.